The molecule has 0 radical (unpaired) electrons. The average Bonchev–Trinajstić information content (AvgIpc) is 3.16. The Kier molecular flexibility index (Phi) is 4.25. The van der Waals surface area contributed by atoms with Crippen molar-refractivity contribution in [3.05, 3.63) is 65.2 Å². The van der Waals surface area contributed by atoms with E-state index in [1.807, 2.05) is 60.8 Å². The molecule has 0 saturated heterocycles. The summed E-state index contributed by atoms with van der Waals surface area (Å²) in [5, 5.41) is 7.59. The highest BCUT2D eigenvalue weighted by Gasteiger charge is 2.07. The smallest absolute Gasteiger partial charge is 0.319 e. The molecule has 2 N–H and O–H groups in total. The predicted octanol–water partition coefficient (Wildman–Crippen LogP) is 4.64. The van der Waals surface area contributed by atoms with Gasteiger partial charge in [0.05, 0.1) is 11.4 Å². The molecule has 2 heterocycles. The molecule has 112 valence electrons. The number of carbonyl (C=O) groups is 1. The fourth-order valence-corrected chi connectivity index (χ4v) is 2.78. The van der Waals surface area contributed by atoms with Gasteiger partial charge in [0.15, 0.2) is 0 Å². The number of urea groups is 1. The lowest BCUT2D eigenvalue weighted by Crippen LogP contribution is -2.27. The van der Waals surface area contributed by atoms with Gasteiger partial charge in [0.25, 0.3) is 0 Å². The summed E-state index contributed by atoms with van der Waals surface area (Å²) in [6, 6.07) is 15.2. The molecular weight excluding hydrogens is 296 g/mol. The van der Waals surface area contributed by atoms with Crippen LogP contribution in [0, 0.1) is 6.92 Å². The van der Waals surface area contributed by atoms with Crippen molar-refractivity contribution in [3.63, 3.8) is 0 Å². The lowest BCUT2D eigenvalue weighted by atomic mass is 10.2. The topological polar surface area (TPSA) is 54.3 Å². The first-order chi connectivity index (χ1) is 10.7. The Morgan fingerprint density at radius 2 is 2.09 bits per heavy atom. The molecule has 5 heteroatoms. The van der Waals surface area contributed by atoms with Crippen molar-refractivity contribution in [2.75, 3.05) is 5.32 Å². The number of benzene rings is 1. The molecule has 3 rings (SSSR count). The van der Waals surface area contributed by atoms with Gasteiger partial charge in [0, 0.05) is 5.69 Å². The van der Waals surface area contributed by atoms with Gasteiger partial charge in [-0.05, 0) is 48.2 Å². The SMILES string of the molecule is Cc1cccc(NC(=O)NCc2ccc(-c3cccs3)o2)c1. The molecular formula is C17H16N2O2S. The van der Waals surface area contributed by atoms with E-state index >= 15 is 0 Å². The van der Waals surface area contributed by atoms with E-state index in [0.717, 1.165) is 27.6 Å². The highest BCUT2D eigenvalue weighted by atomic mass is 32.1. The van der Waals surface area contributed by atoms with Crippen molar-refractivity contribution < 1.29 is 9.21 Å². The lowest BCUT2D eigenvalue weighted by Gasteiger charge is -2.07. The molecule has 0 aliphatic heterocycles. The maximum absolute atomic E-state index is 11.9. The second kappa shape index (κ2) is 6.49. The van der Waals surface area contributed by atoms with Gasteiger partial charge in [0.2, 0.25) is 0 Å². The number of carbonyl (C=O) groups excluding carboxylic acids is 1. The van der Waals surface area contributed by atoms with Gasteiger partial charge in [0.1, 0.15) is 11.5 Å². The molecule has 22 heavy (non-hydrogen) atoms. The first-order valence-corrected chi connectivity index (χ1v) is 7.83. The Hall–Kier alpha value is -2.53. The number of anilines is 1. The monoisotopic (exact) mass is 312 g/mol. The average molecular weight is 312 g/mol. The number of nitrogens with one attached hydrogen (secondary N) is 2. The standard InChI is InChI=1S/C17H16N2O2S/c1-12-4-2-5-13(10-12)19-17(20)18-11-14-7-8-15(21-14)16-6-3-9-22-16/h2-10H,11H2,1H3,(H2,18,19,20). The van der Waals surface area contributed by atoms with Crippen LogP contribution in [0.5, 0.6) is 0 Å². The second-order valence-corrected chi connectivity index (χ2v) is 5.87. The van der Waals surface area contributed by atoms with Crippen LogP contribution < -0.4 is 10.6 Å². The molecule has 0 aliphatic rings. The number of aryl methyl sites for hydroxylation is 1. The van der Waals surface area contributed by atoms with Gasteiger partial charge in [-0.2, -0.15) is 0 Å². The van der Waals surface area contributed by atoms with E-state index in [1.165, 1.54) is 0 Å². The fraction of sp³-hybridized carbons (Fsp3) is 0.118. The van der Waals surface area contributed by atoms with E-state index in [9.17, 15) is 4.79 Å². The first kappa shape index (κ1) is 14.4. The van der Waals surface area contributed by atoms with E-state index in [2.05, 4.69) is 10.6 Å². The minimum atomic E-state index is -0.250. The summed E-state index contributed by atoms with van der Waals surface area (Å²) in [7, 11) is 0. The van der Waals surface area contributed by atoms with Crippen LogP contribution in [0.25, 0.3) is 10.6 Å². The third-order valence-electron chi connectivity index (χ3n) is 3.12. The normalized spacial score (nSPS) is 10.4. The molecule has 0 bridgehead atoms. The van der Waals surface area contributed by atoms with Crippen molar-refractivity contribution in [1.29, 1.82) is 0 Å². The Balaban J connectivity index is 1.55. The van der Waals surface area contributed by atoms with Crippen LogP contribution in [-0.2, 0) is 6.54 Å². The molecule has 0 aliphatic carbocycles. The summed E-state index contributed by atoms with van der Waals surface area (Å²) in [5.41, 5.74) is 1.88. The van der Waals surface area contributed by atoms with Crippen molar-refractivity contribution in [1.82, 2.24) is 5.32 Å². The van der Waals surface area contributed by atoms with Crippen LogP contribution in [0.2, 0.25) is 0 Å². The lowest BCUT2D eigenvalue weighted by molar-refractivity contribution is 0.251. The van der Waals surface area contributed by atoms with E-state index in [-0.39, 0.29) is 6.03 Å². The van der Waals surface area contributed by atoms with E-state index in [4.69, 9.17) is 4.42 Å². The Bertz CT molecular complexity index is 763. The van der Waals surface area contributed by atoms with Crippen molar-refractivity contribution in [3.8, 4) is 10.6 Å². The van der Waals surface area contributed by atoms with E-state index in [0.29, 0.717) is 6.54 Å². The van der Waals surface area contributed by atoms with Gasteiger partial charge in [-0.15, -0.1) is 11.3 Å². The van der Waals surface area contributed by atoms with Crippen LogP contribution >= 0.6 is 11.3 Å². The van der Waals surface area contributed by atoms with Gasteiger partial charge in [-0.25, -0.2) is 4.79 Å². The van der Waals surface area contributed by atoms with Crippen LogP contribution in [-0.4, -0.2) is 6.03 Å². The molecule has 0 fully saturated rings. The van der Waals surface area contributed by atoms with Crippen LogP contribution in [0.15, 0.2) is 58.3 Å². The summed E-state index contributed by atoms with van der Waals surface area (Å²) in [5.74, 6) is 1.55. The molecule has 0 unspecified atom stereocenters. The summed E-state index contributed by atoms with van der Waals surface area (Å²) in [6.45, 7) is 2.33. The molecule has 4 nitrogen and oxygen atoms in total. The number of thiophene rings is 1. The summed E-state index contributed by atoms with van der Waals surface area (Å²) in [6.07, 6.45) is 0. The summed E-state index contributed by atoms with van der Waals surface area (Å²) in [4.78, 5) is 12.9. The number of furan rings is 1. The Morgan fingerprint density at radius 1 is 1.18 bits per heavy atom. The molecule has 0 saturated carbocycles. The molecule has 2 amide bonds. The number of rotatable bonds is 4. The van der Waals surface area contributed by atoms with Crippen molar-refractivity contribution >= 4 is 23.1 Å². The summed E-state index contributed by atoms with van der Waals surface area (Å²) >= 11 is 1.62. The number of amides is 2. The number of hydrogen-bond donors (Lipinski definition) is 2. The third-order valence-corrected chi connectivity index (χ3v) is 4.01. The fourth-order valence-electron chi connectivity index (χ4n) is 2.09. The maximum atomic E-state index is 11.9. The largest absolute Gasteiger partial charge is 0.458 e. The zero-order chi connectivity index (χ0) is 15.4. The quantitative estimate of drug-likeness (QED) is 0.737. The predicted molar refractivity (Wildman–Crippen MR) is 89.1 cm³/mol. The molecule has 0 atom stereocenters. The third kappa shape index (κ3) is 3.56. The molecule has 0 spiro atoms. The first-order valence-electron chi connectivity index (χ1n) is 6.95. The van der Waals surface area contributed by atoms with Gasteiger partial charge in [-0.3, -0.25) is 0 Å². The Morgan fingerprint density at radius 3 is 2.86 bits per heavy atom. The van der Waals surface area contributed by atoms with E-state index < -0.39 is 0 Å². The minimum absolute atomic E-state index is 0.250. The van der Waals surface area contributed by atoms with Gasteiger partial charge in [-0.1, -0.05) is 18.2 Å². The highest BCUT2D eigenvalue weighted by Crippen LogP contribution is 2.26. The van der Waals surface area contributed by atoms with Crippen LogP contribution in [0.4, 0.5) is 10.5 Å². The highest BCUT2D eigenvalue weighted by molar-refractivity contribution is 7.13. The van der Waals surface area contributed by atoms with Crippen LogP contribution in [0.1, 0.15) is 11.3 Å². The van der Waals surface area contributed by atoms with Gasteiger partial charge < -0.3 is 15.1 Å². The molecule has 2 aromatic heterocycles. The van der Waals surface area contributed by atoms with Crippen molar-refractivity contribution in [2.45, 2.75) is 13.5 Å². The zero-order valence-corrected chi connectivity index (χ0v) is 12.9. The van der Waals surface area contributed by atoms with Crippen LogP contribution in [0.3, 0.4) is 0 Å². The van der Waals surface area contributed by atoms with Crippen molar-refractivity contribution in [2.24, 2.45) is 0 Å². The molecule has 3 aromatic rings. The van der Waals surface area contributed by atoms with Gasteiger partial charge >= 0.3 is 6.03 Å². The summed E-state index contributed by atoms with van der Waals surface area (Å²) < 4.78 is 5.72. The van der Waals surface area contributed by atoms with E-state index in [1.54, 1.807) is 11.3 Å². The maximum Gasteiger partial charge on any atom is 0.319 e. The molecule has 1 aromatic carbocycles. The number of hydrogen-bond acceptors (Lipinski definition) is 3. The zero-order valence-electron chi connectivity index (χ0n) is 12.1. The Labute approximate surface area is 132 Å². The second-order valence-electron chi connectivity index (χ2n) is 4.92. The minimum Gasteiger partial charge on any atom is -0.458 e.